The molecule has 3 rings (SSSR count). The summed E-state index contributed by atoms with van der Waals surface area (Å²) in [6.07, 6.45) is 1.75. The van der Waals surface area contributed by atoms with Crippen LogP contribution < -0.4 is 4.74 Å². The van der Waals surface area contributed by atoms with Crippen molar-refractivity contribution < 1.29 is 19.1 Å². The zero-order valence-electron chi connectivity index (χ0n) is 18.6. The van der Waals surface area contributed by atoms with Crippen LogP contribution in [-0.4, -0.2) is 18.8 Å². The minimum absolute atomic E-state index is 0.330. The van der Waals surface area contributed by atoms with Crippen molar-refractivity contribution >= 4 is 17.3 Å². The highest BCUT2D eigenvalue weighted by Gasteiger charge is 2.15. The van der Waals surface area contributed by atoms with Gasteiger partial charge in [-0.25, -0.2) is 4.79 Å². The fourth-order valence-corrected chi connectivity index (χ4v) is 3.19. The molecule has 0 atom stereocenters. The van der Waals surface area contributed by atoms with Crippen LogP contribution >= 0.6 is 0 Å². The third-order valence-electron chi connectivity index (χ3n) is 4.94. The fraction of sp³-hybridized carbons (Fsp3) is 0.185. The number of oxime groups is 1. The van der Waals surface area contributed by atoms with E-state index in [2.05, 4.69) is 5.16 Å². The van der Waals surface area contributed by atoms with Gasteiger partial charge in [-0.05, 0) is 60.4 Å². The Balaban J connectivity index is 1.62. The number of rotatable bonds is 9. The van der Waals surface area contributed by atoms with Crippen LogP contribution in [0.3, 0.4) is 0 Å². The van der Waals surface area contributed by atoms with Crippen LogP contribution in [0.4, 0.5) is 0 Å². The zero-order valence-corrected chi connectivity index (χ0v) is 18.6. The van der Waals surface area contributed by atoms with Crippen molar-refractivity contribution in [3.63, 3.8) is 0 Å². The van der Waals surface area contributed by atoms with Gasteiger partial charge in [0, 0.05) is 0 Å². The molecule has 0 fully saturated rings. The molecule has 0 bridgehead atoms. The summed E-state index contributed by atoms with van der Waals surface area (Å²) >= 11 is 0. The van der Waals surface area contributed by atoms with Crippen molar-refractivity contribution in [2.75, 3.05) is 7.11 Å². The van der Waals surface area contributed by atoms with Gasteiger partial charge in [-0.1, -0.05) is 65.8 Å². The van der Waals surface area contributed by atoms with E-state index < -0.39 is 0 Å². The summed E-state index contributed by atoms with van der Waals surface area (Å²) in [6.45, 7) is 4.48. The first kappa shape index (κ1) is 22.8. The number of allylic oxidation sites excluding steroid dienone is 1. The van der Waals surface area contributed by atoms with Gasteiger partial charge in [0.1, 0.15) is 19.0 Å². The van der Waals surface area contributed by atoms with Gasteiger partial charge < -0.3 is 14.3 Å². The molecule has 0 saturated heterocycles. The molecule has 0 aliphatic heterocycles. The lowest BCUT2D eigenvalue weighted by Crippen LogP contribution is -2.07. The first-order valence-corrected chi connectivity index (χ1v) is 10.4. The standard InChI is InChI=1S/C27H27NO4/c1-4-25(27(29)30-3)26-13-9-8-12-23(26)19-31-24-16-14-22(15-17-24)20(2)28-32-18-21-10-6-5-7-11-21/h4-17H,18-19H2,1-3H3/b25-4?,28-20-. The second kappa shape index (κ2) is 11.5. The molecule has 5 nitrogen and oxygen atoms in total. The maximum Gasteiger partial charge on any atom is 0.338 e. The topological polar surface area (TPSA) is 57.1 Å². The fourth-order valence-electron chi connectivity index (χ4n) is 3.19. The van der Waals surface area contributed by atoms with E-state index in [-0.39, 0.29) is 5.97 Å². The van der Waals surface area contributed by atoms with E-state index in [0.29, 0.717) is 18.8 Å². The number of hydrogen-bond acceptors (Lipinski definition) is 5. The van der Waals surface area contributed by atoms with Crippen molar-refractivity contribution in [3.05, 3.63) is 107 Å². The van der Waals surface area contributed by atoms with E-state index in [0.717, 1.165) is 33.7 Å². The number of carbonyl (C=O) groups excluding carboxylic acids is 1. The summed E-state index contributed by atoms with van der Waals surface area (Å²) in [5, 5.41) is 4.20. The van der Waals surface area contributed by atoms with E-state index in [1.807, 2.05) is 92.7 Å². The Kier molecular flexibility index (Phi) is 8.21. The number of carbonyl (C=O) groups is 1. The van der Waals surface area contributed by atoms with Crippen molar-refractivity contribution in [3.8, 4) is 5.75 Å². The minimum atomic E-state index is -0.367. The molecule has 0 spiro atoms. The molecule has 0 unspecified atom stereocenters. The van der Waals surface area contributed by atoms with Crippen LogP contribution in [0.15, 0.2) is 90.1 Å². The normalized spacial score (nSPS) is 11.7. The Hall–Kier alpha value is -3.86. The molecule has 0 aliphatic rings. The summed E-state index contributed by atoms with van der Waals surface area (Å²) in [5.41, 5.74) is 5.03. The van der Waals surface area contributed by atoms with E-state index >= 15 is 0 Å². The number of esters is 1. The Morgan fingerprint density at radius 2 is 1.59 bits per heavy atom. The van der Waals surface area contributed by atoms with Crippen LogP contribution in [0.25, 0.3) is 5.57 Å². The zero-order chi connectivity index (χ0) is 22.8. The van der Waals surface area contributed by atoms with Crippen LogP contribution in [0.5, 0.6) is 5.75 Å². The Morgan fingerprint density at radius 1 is 0.906 bits per heavy atom. The van der Waals surface area contributed by atoms with Crippen molar-refractivity contribution in [2.24, 2.45) is 5.16 Å². The maximum atomic E-state index is 12.1. The number of ether oxygens (including phenoxy) is 2. The maximum absolute atomic E-state index is 12.1. The molecule has 0 aromatic heterocycles. The monoisotopic (exact) mass is 429 g/mol. The summed E-state index contributed by atoms with van der Waals surface area (Å²) < 4.78 is 10.9. The smallest absolute Gasteiger partial charge is 0.338 e. The SMILES string of the molecule is CC=C(C(=O)OC)c1ccccc1COc1ccc(/C(C)=N\OCc2ccccc2)cc1. The lowest BCUT2D eigenvalue weighted by molar-refractivity contribution is -0.133. The van der Waals surface area contributed by atoms with Gasteiger partial charge in [0.2, 0.25) is 0 Å². The van der Waals surface area contributed by atoms with Gasteiger partial charge in [0.25, 0.3) is 0 Å². The highest BCUT2D eigenvalue weighted by Crippen LogP contribution is 2.23. The molecule has 5 heteroatoms. The largest absolute Gasteiger partial charge is 0.489 e. The van der Waals surface area contributed by atoms with Crippen LogP contribution in [-0.2, 0) is 27.6 Å². The van der Waals surface area contributed by atoms with E-state index in [4.69, 9.17) is 14.3 Å². The van der Waals surface area contributed by atoms with E-state index in [9.17, 15) is 4.79 Å². The van der Waals surface area contributed by atoms with E-state index in [1.165, 1.54) is 7.11 Å². The van der Waals surface area contributed by atoms with Crippen LogP contribution in [0.1, 0.15) is 36.1 Å². The van der Waals surface area contributed by atoms with Crippen molar-refractivity contribution in [1.82, 2.24) is 0 Å². The quantitative estimate of drug-likeness (QED) is 0.187. The second-order valence-electron chi connectivity index (χ2n) is 7.10. The summed E-state index contributed by atoms with van der Waals surface area (Å²) in [6, 6.07) is 25.2. The first-order valence-electron chi connectivity index (χ1n) is 10.4. The van der Waals surface area contributed by atoms with Crippen LogP contribution in [0, 0.1) is 0 Å². The molecular weight excluding hydrogens is 402 g/mol. The highest BCUT2D eigenvalue weighted by molar-refractivity contribution is 6.16. The third kappa shape index (κ3) is 6.08. The van der Waals surface area contributed by atoms with Crippen molar-refractivity contribution in [2.45, 2.75) is 27.1 Å². The lowest BCUT2D eigenvalue weighted by Gasteiger charge is -2.13. The van der Waals surface area contributed by atoms with Gasteiger partial charge in [-0.3, -0.25) is 0 Å². The van der Waals surface area contributed by atoms with Gasteiger partial charge in [0.05, 0.1) is 18.4 Å². The summed E-state index contributed by atoms with van der Waals surface area (Å²) in [7, 11) is 1.38. The predicted molar refractivity (Wildman–Crippen MR) is 126 cm³/mol. The Labute approximate surface area is 188 Å². The van der Waals surface area contributed by atoms with Crippen molar-refractivity contribution in [1.29, 1.82) is 0 Å². The molecule has 0 radical (unpaired) electrons. The molecule has 164 valence electrons. The van der Waals surface area contributed by atoms with Crippen LogP contribution in [0.2, 0.25) is 0 Å². The van der Waals surface area contributed by atoms with Gasteiger partial charge in [0.15, 0.2) is 0 Å². The number of hydrogen-bond donors (Lipinski definition) is 0. The first-order chi connectivity index (χ1) is 15.6. The molecule has 3 aromatic carbocycles. The molecule has 0 amide bonds. The number of nitrogens with zero attached hydrogens (tertiary/aromatic N) is 1. The highest BCUT2D eigenvalue weighted by atomic mass is 16.6. The molecule has 3 aromatic rings. The molecule has 0 N–H and O–H groups in total. The summed E-state index contributed by atoms with van der Waals surface area (Å²) in [5.74, 6) is 0.357. The molecule has 0 heterocycles. The average Bonchev–Trinajstić information content (AvgIpc) is 2.84. The van der Waals surface area contributed by atoms with Gasteiger partial charge in [-0.2, -0.15) is 0 Å². The molecule has 32 heavy (non-hydrogen) atoms. The number of methoxy groups -OCH3 is 1. The number of benzene rings is 3. The Morgan fingerprint density at radius 3 is 2.28 bits per heavy atom. The minimum Gasteiger partial charge on any atom is -0.489 e. The molecule has 0 saturated carbocycles. The van der Waals surface area contributed by atoms with Gasteiger partial charge in [-0.15, -0.1) is 0 Å². The molecule has 0 aliphatic carbocycles. The average molecular weight is 430 g/mol. The van der Waals surface area contributed by atoms with E-state index in [1.54, 1.807) is 6.08 Å². The molecular formula is C27H27NO4. The lowest BCUT2D eigenvalue weighted by atomic mass is 10.00. The summed E-state index contributed by atoms with van der Waals surface area (Å²) in [4.78, 5) is 17.5. The predicted octanol–water partition coefficient (Wildman–Crippen LogP) is 5.78. The Bertz CT molecular complexity index is 1090. The third-order valence-corrected chi connectivity index (χ3v) is 4.94. The van der Waals surface area contributed by atoms with Gasteiger partial charge >= 0.3 is 5.97 Å². The second-order valence-corrected chi connectivity index (χ2v) is 7.10.